The maximum absolute atomic E-state index is 5.48. The van der Waals surface area contributed by atoms with Crippen LogP contribution in [0.4, 0.5) is 0 Å². The third-order valence-electron chi connectivity index (χ3n) is 2.87. The van der Waals surface area contributed by atoms with E-state index in [-0.39, 0.29) is 12.4 Å². The lowest BCUT2D eigenvalue weighted by Crippen LogP contribution is -2.08. The van der Waals surface area contributed by atoms with E-state index < -0.39 is 0 Å². The van der Waals surface area contributed by atoms with Crippen LogP contribution >= 0.6 is 12.4 Å². The number of hydrogen-bond donors (Lipinski definition) is 1. The van der Waals surface area contributed by atoms with Gasteiger partial charge in [-0.3, -0.25) is 0 Å². The van der Waals surface area contributed by atoms with E-state index in [1.165, 1.54) is 31.4 Å². The van der Waals surface area contributed by atoms with Crippen LogP contribution in [0.2, 0.25) is 0 Å². The maximum Gasteiger partial charge on any atom is 0.129 e. The van der Waals surface area contributed by atoms with Gasteiger partial charge in [0, 0.05) is 24.2 Å². The van der Waals surface area contributed by atoms with E-state index in [1.54, 1.807) is 0 Å². The zero-order valence-electron chi connectivity index (χ0n) is 8.85. The molecule has 1 saturated carbocycles. The minimum absolute atomic E-state index is 0. The molecule has 0 amide bonds. The lowest BCUT2D eigenvalue weighted by atomic mass is 10.0. The van der Waals surface area contributed by atoms with Crippen LogP contribution in [0.5, 0.6) is 0 Å². The predicted molar refractivity (Wildman–Crippen MR) is 63.2 cm³/mol. The summed E-state index contributed by atoms with van der Waals surface area (Å²) in [7, 11) is 0. The summed E-state index contributed by atoms with van der Waals surface area (Å²) in [4.78, 5) is 8.76. The van der Waals surface area contributed by atoms with Crippen molar-refractivity contribution in [2.75, 3.05) is 6.54 Å². The monoisotopic (exact) mass is 227 g/mol. The molecule has 15 heavy (non-hydrogen) atoms. The van der Waals surface area contributed by atoms with Gasteiger partial charge < -0.3 is 5.73 Å². The van der Waals surface area contributed by atoms with Crippen molar-refractivity contribution in [1.29, 1.82) is 0 Å². The summed E-state index contributed by atoms with van der Waals surface area (Å²) in [6, 6.07) is 2.05. The Balaban J connectivity index is 0.00000112. The summed E-state index contributed by atoms with van der Waals surface area (Å²) >= 11 is 0. The molecule has 0 radical (unpaired) electrons. The first-order valence-electron chi connectivity index (χ1n) is 5.42. The number of aromatic nitrogens is 2. The third kappa shape index (κ3) is 3.14. The van der Waals surface area contributed by atoms with E-state index in [0.29, 0.717) is 12.5 Å². The summed E-state index contributed by atoms with van der Waals surface area (Å²) in [5.41, 5.74) is 6.71. The van der Waals surface area contributed by atoms with Gasteiger partial charge in [0.1, 0.15) is 5.82 Å². The molecular formula is C11H18ClN3. The van der Waals surface area contributed by atoms with Gasteiger partial charge in [-0.15, -0.1) is 12.4 Å². The zero-order valence-corrected chi connectivity index (χ0v) is 9.67. The Morgan fingerprint density at radius 3 is 2.73 bits per heavy atom. The van der Waals surface area contributed by atoms with Crippen LogP contribution in [0.1, 0.15) is 43.1 Å². The SMILES string of the molecule is Cl.NCCc1nccc(C2CCCC2)n1. The number of nitrogens with zero attached hydrogens (tertiary/aromatic N) is 2. The highest BCUT2D eigenvalue weighted by molar-refractivity contribution is 5.85. The molecule has 0 bridgehead atoms. The first-order chi connectivity index (χ1) is 6.90. The minimum atomic E-state index is 0. The first-order valence-corrected chi connectivity index (χ1v) is 5.42. The summed E-state index contributed by atoms with van der Waals surface area (Å²) in [6.45, 7) is 0.633. The fraction of sp³-hybridized carbons (Fsp3) is 0.636. The van der Waals surface area contributed by atoms with Crippen LogP contribution in [0.25, 0.3) is 0 Å². The van der Waals surface area contributed by atoms with Gasteiger partial charge >= 0.3 is 0 Å². The Hall–Kier alpha value is -0.670. The van der Waals surface area contributed by atoms with E-state index in [1.807, 2.05) is 6.20 Å². The highest BCUT2D eigenvalue weighted by atomic mass is 35.5. The average molecular weight is 228 g/mol. The minimum Gasteiger partial charge on any atom is -0.330 e. The summed E-state index contributed by atoms with van der Waals surface area (Å²) < 4.78 is 0. The molecule has 2 rings (SSSR count). The Morgan fingerprint density at radius 1 is 1.33 bits per heavy atom. The summed E-state index contributed by atoms with van der Waals surface area (Å²) in [5.74, 6) is 1.58. The second-order valence-electron chi connectivity index (χ2n) is 3.92. The second kappa shape index (κ2) is 6.03. The van der Waals surface area contributed by atoms with Crippen molar-refractivity contribution >= 4 is 12.4 Å². The molecule has 1 aromatic rings. The van der Waals surface area contributed by atoms with Crippen molar-refractivity contribution in [2.45, 2.75) is 38.0 Å². The van der Waals surface area contributed by atoms with Gasteiger partial charge in [0.05, 0.1) is 0 Å². The Labute approximate surface area is 96.9 Å². The predicted octanol–water partition coefficient (Wildman–Crippen LogP) is 2.06. The second-order valence-corrected chi connectivity index (χ2v) is 3.92. The van der Waals surface area contributed by atoms with E-state index in [0.717, 1.165) is 12.2 Å². The molecule has 0 aromatic carbocycles. The molecule has 1 fully saturated rings. The number of halogens is 1. The molecule has 1 aliphatic carbocycles. The van der Waals surface area contributed by atoms with E-state index in [2.05, 4.69) is 16.0 Å². The summed E-state index contributed by atoms with van der Waals surface area (Å²) in [6.07, 6.45) is 7.94. The molecule has 0 spiro atoms. The van der Waals surface area contributed by atoms with Crippen LogP contribution in [0.3, 0.4) is 0 Å². The average Bonchev–Trinajstić information content (AvgIpc) is 2.71. The smallest absolute Gasteiger partial charge is 0.129 e. The van der Waals surface area contributed by atoms with Crippen molar-refractivity contribution in [3.63, 3.8) is 0 Å². The lowest BCUT2D eigenvalue weighted by Gasteiger charge is -2.08. The van der Waals surface area contributed by atoms with Gasteiger partial charge in [-0.1, -0.05) is 12.8 Å². The number of hydrogen-bond acceptors (Lipinski definition) is 3. The molecule has 0 atom stereocenters. The van der Waals surface area contributed by atoms with Crippen LogP contribution in [0, 0.1) is 0 Å². The quantitative estimate of drug-likeness (QED) is 0.860. The highest BCUT2D eigenvalue weighted by Gasteiger charge is 2.18. The molecule has 1 aliphatic rings. The van der Waals surface area contributed by atoms with Gasteiger partial charge in [-0.25, -0.2) is 9.97 Å². The molecule has 3 nitrogen and oxygen atoms in total. The van der Waals surface area contributed by atoms with E-state index in [9.17, 15) is 0 Å². The van der Waals surface area contributed by atoms with Crippen LogP contribution in [-0.2, 0) is 6.42 Å². The van der Waals surface area contributed by atoms with Gasteiger partial charge in [0.2, 0.25) is 0 Å². The maximum atomic E-state index is 5.48. The lowest BCUT2D eigenvalue weighted by molar-refractivity contribution is 0.682. The van der Waals surface area contributed by atoms with Gasteiger partial charge in [-0.05, 0) is 25.5 Å². The van der Waals surface area contributed by atoms with Crippen LogP contribution < -0.4 is 5.73 Å². The highest BCUT2D eigenvalue weighted by Crippen LogP contribution is 2.32. The van der Waals surface area contributed by atoms with Crippen molar-refractivity contribution in [3.8, 4) is 0 Å². The Bertz CT molecular complexity index is 298. The fourth-order valence-electron chi connectivity index (χ4n) is 2.11. The van der Waals surface area contributed by atoms with Crippen molar-refractivity contribution in [3.05, 3.63) is 23.8 Å². The van der Waals surface area contributed by atoms with E-state index >= 15 is 0 Å². The van der Waals surface area contributed by atoms with Crippen molar-refractivity contribution in [1.82, 2.24) is 9.97 Å². The molecule has 4 heteroatoms. The molecule has 1 heterocycles. The van der Waals surface area contributed by atoms with Gasteiger partial charge in [0.15, 0.2) is 0 Å². The molecule has 2 N–H and O–H groups in total. The number of rotatable bonds is 3. The van der Waals surface area contributed by atoms with Gasteiger partial charge in [-0.2, -0.15) is 0 Å². The van der Waals surface area contributed by atoms with E-state index in [4.69, 9.17) is 5.73 Å². The molecule has 0 unspecified atom stereocenters. The summed E-state index contributed by atoms with van der Waals surface area (Å²) in [5, 5.41) is 0. The molecular weight excluding hydrogens is 210 g/mol. The normalized spacial score (nSPS) is 16.3. The zero-order chi connectivity index (χ0) is 9.80. The Kier molecular flexibility index (Phi) is 4.99. The topological polar surface area (TPSA) is 51.8 Å². The molecule has 0 saturated heterocycles. The standard InChI is InChI=1S/C11H17N3.ClH/c12-7-5-11-13-8-6-10(14-11)9-3-1-2-4-9;/h6,8-9H,1-5,7,12H2;1H. The Morgan fingerprint density at radius 2 is 2.07 bits per heavy atom. The van der Waals surface area contributed by atoms with Crippen molar-refractivity contribution < 1.29 is 0 Å². The first kappa shape index (κ1) is 12.4. The number of nitrogens with two attached hydrogens (primary N) is 1. The van der Waals surface area contributed by atoms with Crippen LogP contribution in [0.15, 0.2) is 12.3 Å². The molecule has 84 valence electrons. The molecule has 0 aliphatic heterocycles. The van der Waals surface area contributed by atoms with Gasteiger partial charge in [0.25, 0.3) is 0 Å². The third-order valence-corrected chi connectivity index (χ3v) is 2.87. The van der Waals surface area contributed by atoms with Crippen LogP contribution in [-0.4, -0.2) is 16.5 Å². The largest absolute Gasteiger partial charge is 0.330 e. The van der Waals surface area contributed by atoms with Crippen molar-refractivity contribution in [2.24, 2.45) is 5.73 Å². The fourth-order valence-corrected chi connectivity index (χ4v) is 2.11. The molecule has 1 aromatic heterocycles.